The molecule has 3 N–H and O–H groups in total. The van der Waals surface area contributed by atoms with Crippen LogP contribution in [-0.4, -0.2) is 28.7 Å². The van der Waals surface area contributed by atoms with Crippen LogP contribution in [0.3, 0.4) is 0 Å². The zero-order valence-electron chi connectivity index (χ0n) is 11.6. The molecule has 1 atom stereocenters. The van der Waals surface area contributed by atoms with Crippen LogP contribution in [0.15, 0.2) is 11.8 Å². The van der Waals surface area contributed by atoms with E-state index >= 15 is 0 Å². The number of carbonyl (C=O) groups excluding carboxylic acids is 1. The van der Waals surface area contributed by atoms with Crippen molar-refractivity contribution in [3.05, 3.63) is 11.8 Å². The summed E-state index contributed by atoms with van der Waals surface area (Å²) in [6.07, 6.45) is 5.33. The molecule has 1 rings (SSSR count). The fourth-order valence-electron chi connectivity index (χ4n) is 2.01. The van der Waals surface area contributed by atoms with Crippen LogP contribution >= 0.6 is 0 Å². The monoisotopic (exact) mass is 269 g/mol. The molecule has 0 spiro atoms. The molecule has 1 amide bonds. The quantitative estimate of drug-likeness (QED) is 0.462. The van der Waals surface area contributed by atoms with Crippen LogP contribution in [0.1, 0.15) is 46.0 Å². The standard InChI is InChI=1S/C14H23NO4/c1-14(2)9-10(14)12(17)15-11(13(18)19)7-5-3-4-6-8-16/h7,10,16H,3-6,8-9H2,1-2H3,(H,15,17)(H,18,19)/b11-7-. The van der Waals surface area contributed by atoms with Crippen LogP contribution < -0.4 is 5.32 Å². The van der Waals surface area contributed by atoms with Crippen molar-refractivity contribution in [3.63, 3.8) is 0 Å². The summed E-state index contributed by atoms with van der Waals surface area (Å²) in [5, 5.41) is 20.2. The van der Waals surface area contributed by atoms with Gasteiger partial charge >= 0.3 is 5.97 Å². The fourth-order valence-corrected chi connectivity index (χ4v) is 2.01. The first-order chi connectivity index (χ1) is 8.88. The Kier molecular flexibility index (Phi) is 5.54. The lowest BCUT2D eigenvalue weighted by Crippen LogP contribution is -2.29. The normalized spacial score (nSPS) is 21.0. The van der Waals surface area contributed by atoms with E-state index in [1.807, 2.05) is 13.8 Å². The van der Waals surface area contributed by atoms with E-state index in [0.717, 1.165) is 25.7 Å². The molecule has 108 valence electrons. The summed E-state index contributed by atoms with van der Waals surface area (Å²) in [5.74, 6) is -1.38. The molecule has 0 aliphatic heterocycles. The minimum atomic E-state index is -1.10. The summed E-state index contributed by atoms with van der Waals surface area (Å²) in [4.78, 5) is 22.9. The number of carbonyl (C=O) groups is 2. The van der Waals surface area contributed by atoms with Gasteiger partial charge in [0, 0.05) is 12.5 Å². The number of nitrogens with one attached hydrogen (secondary N) is 1. The Morgan fingerprint density at radius 3 is 2.42 bits per heavy atom. The molecular weight excluding hydrogens is 246 g/mol. The lowest BCUT2D eigenvalue weighted by molar-refractivity contribution is -0.135. The van der Waals surface area contributed by atoms with E-state index < -0.39 is 5.97 Å². The molecule has 5 heteroatoms. The zero-order chi connectivity index (χ0) is 14.5. The van der Waals surface area contributed by atoms with Gasteiger partial charge in [0.15, 0.2) is 0 Å². The van der Waals surface area contributed by atoms with Gasteiger partial charge in [-0.2, -0.15) is 0 Å². The number of aliphatic hydroxyl groups excluding tert-OH is 1. The molecule has 0 saturated heterocycles. The first kappa shape index (κ1) is 15.7. The van der Waals surface area contributed by atoms with Gasteiger partial charge in [0.2, 0.25) is 5.91 Å². The Labute approximate surface area is 113 Å². The number of aliphatic carboxylic acids is 1. The third-order valence-electron chi connectivity index (χ3n) is 3.53. The highest BCUT2D eigenvalue weighted by Crippen LogP contribution is 2.51. The van der Waals surface area contributed by atoms with E-state index in [0.29, 0.717) is 6.42 Å². The highest BCUT2D eigenvalue weighted by atomic mass is 16.4. The van der Waals surface area contributed by atoms with Crippen molar-refractivity contribution in [1.29, 1.82) is 0 Å². The number of allylic oxidation sites excluding steroid dienone is 1. The summed E-state index contributed by atoms with van der Waals surface area (Å²) in [7, 11) is 0. The average molecular weight is 269 g/mol. The molecule has 1 aliphatic rings. The van der Waals surface area contributed by atoms with Gasteiger partial charge in [-0.05, 0) is 31.1 Å². The molecule has 19 heavy (non-hydrogen) atoms. The molecule has 1 aliphatic carbocycles. The van der Waals surface area contributed by atoms with Crippen molar-refractivity contribution in [3.8, 4) is 0 Å². The summed E-state index contributed by atoms with van der Waals surface area (Å²) in [6, 6.07) is 0. The van der Waals surface area contributed by atoms with Crippen LogP contribution in [-0.2, 0) is 9.59 Å². The molecule has 1 saturated carbocycles. The predicted molar refractivity (Wildman–Crippen MR) is 71.3 cm³/mol. The average Bonchev–Trinajstić information content (AvgIpc) is 2.96. The maximum atomic E-state index is 11.8. The Morgan fingerprint density at radius 1 is 1.32 bits per heavy atom. The largest absolute Gasteiger partial charge is 0.477 e. The Balaban J connectivity index is 2.42. The topological polar surface area (TPSA) is 86.6 Å². The minimum Gasteiger partial charge on any atom is -0.477 e. The van der Waals surface area contributed by atoms with E-state index in [-0.39, 0.29) is 29.5 Å². The molecule has 0 radical (unpaired) electrons. The maximum Gasteiger partial charge on any atom is 0.352 e. The molecule has 0 aromatic carbocycles. The second kappa shape index (κ2) is 6.70. The van der Waals surface area contributed by atoms with Crippen molar-refractivity contribution in [1.82, 2.24) is 5.32 Å². The van der Waals surface area contributed by atoms with E-state index in [9.17, 15) is 9.59 Å². The summed E-state index contributed by atoms with van der Waals surface area (Å²) < 4.78 is 0. The molecule has 0 aromatic rings. The van der Waals surface area contributed by atoms with E-state index in [4.69, 9.17) is 10.2 Å². The number of aliphatic hydroxyl groups is 1. The molecule has 5 nitrogen and oxygen atoms in total. The van der Waals surface area contributed by atoms with E-state index in [1.165, 1.54) is 0 Å². The second-order valence-corrected chi connectivity index (χ2v) is 5.73. The number of hydrogen-bond acceptors (Lipinski definition) is 3. The lowest BCUT2D eigenvalue weighted by Gasteiger charge is -2.07. The summed E-state index contributed by atoms with van der Waals surface area (Å²) in [6.45, 7) is 4.15. The van der Waals surface area contributed by atoms with Gasteiger partial charge in [-0.15, -0.1) is 0 Å². The SMILES string of the molecule is CC1(C)CC1C(=O)N/C(=C\CCCCCO)C(=O)O. The number of amides is 1. The lowest BCUT2D eigenvalue weighted by atomic mass is 10.1. The Bertz CT molecular complexity index is 374. The van der Waals surface area contributed by atoms with Crippen molar-refractivity contribution in [2.45, 2.75) is 46.0 Å². The summed E-state index contributed by atoms with van der Waals surface area (Å²) >= 11 is 0. The highest BCUT2D eigenvalue weighted by molar-refractivity contribution is 5.94. The van der Waals surface area contributed by atoms with Crippen LogP contribution in [0.4, 0.5) is 0 Å². The summed E-state index contributed by atoms with van der Waals surface area (Å²) in [5.41, 5.74) is -0.0360. The fraction of sp³-hybridized carbons (Fsp3) is 0.714. The third kappa shape index (κ3) is 5.03. The van der Waals surface area contributed by atoms with Crippen LogP contribution in [0, 0.1) is 11.3 Å². The number of carboxylic acids is 1. The first-order valence-electron chi connectivity index (χ1n) is 6.73. The van der Waals surface area contributed by atoms with Crippen molar-refractivity contribution < 1.29 is 19.8 Å². The first-order valence-corrected chi connectivity index (χ1v) is 6.73. The van der Waals surface area contributed by atoms with Crippen molar-refractivity contribution >= 4 is 11.9 Å². The number of rotatable bonds is 8. The smallest absolute Gasteiger partial charge is 0.352 e. The van der Waals surface area contributed by atoms with Gasteiger partial charge in [0.1, 0.15) is 5.70 Å². The Hall–Kier alpha value is -1.36. The van der Waals surface area contributed by atoms with Crippen molar-refractivity contribution in [2.75, 3.05) is 6.61 Å². The highest BCUT2D eigenvalue weighted by Gasteiger charge is 2.50. The number of unbranched alkanes of at least 4 members (excludes halogenated alkanes) is 3. The van der Waals surface area contributed by atoms with Gasteiger partial charge in [0.25, 0.3) is 0 Å². The molecule has 1 fully saturated rings. The number of carboxylic acid groups (broad SMARTS) is 1. The van der Waals surface area contributed by atoms with Gasteiger partial charge in [-0.3, -0.25) is 4.79 Å². The predicted octanol–water partition coefficient (Wildman–Crippen LogP) is 1.67. The van der Waals surface area contributed by atoms with Gasteiger partial charge < -0.3 is 15.5 Å². The molecule has 0 bridgehead atoms. The molecule has 0 heterocycles. The Morgan fingerprint density at radius 2 is 1.95 bits per heavy atom. The van der Waals surface area contributed by atoms with Gasteiger partial charge in [-0.1, -0.05) is 26.3 Å². The molecular formula is C14H23NO4. The van der Waals surface area contributed by atoms with E-state index in [1.54, 1.807) is 6.08 Å². The van der Waals surface area contributed by atoms with Crippen LogP contribution in [0.2, 0.25) is 0 Å². The third-order valence-corrected chi connectivity index (χ3v) is 3.53. The van der Waals surface area contributed by atoms with Gasteiger partial charge in [-0.25, -0.2) is 4.79 Å². The molecule has 0 aromatic heterocycles. The van der Waals surface area contributed by atoms with Gasteiger partial charge in [0.05, 0.1) is 0 Å². The van der Waals surface area contributed by atoms with E-state index in [2.05, 4.69) is 5.32 Å². The number of hydrogen-bond donors (Lipinski definition) is 3. The second-order valence-electron chi connectivity index (χ2n) is 5.73. The molecule has 1 unspecified atom stereocenters. The van der Waals surface area contributed by atoms with Crippen LogP contribution in [0.5, 0.6) is 0 Å². The van der Waals surface area contributed by atoms with Crippen LogP contribution in [0.25, 0.3) is 0 Å². The van der Waals surface area contributed by atoms with Crippen molar-refractivity contribution in [2.24, 2.45) is 11.3 Å². The zero-order valence-corrected chi connectivity index (χ0v) is 11.6. The minimum absolute atomic E-state index is 0.00514. The maximum absolute atomic E-state index is 11.8.